The van der Waals surface area contributed by atoms with Gasteiger partial charge in [-0.15, -0.1) is 0 Å². The molecule has 5 heteroatoms. The number of rotatable bonds is 3. The maximum Gasteiger partial charge on any atom is 0.253 e. The van der Waals surface area contributed by atoms with Crippen LogP contribution in [0.2, 0.25) is 0 Å². The van der Waals surface area contributed by atoms with Crippen molar-refractivity contribution in [2.45, 2.75) is 32.2 Å². The van der Waals surface area contributed by atoms with E-state index in [1.54, 1.807) is 0 Å². The molecular formula is C18H25N3O2. The summed E-state index contributed by atoms with van der Waals surface area (Å²) in [4.78, 5) is 26.5. The average Bonchev–Trinajstić information content (AvgIpc) is 3.10. The lowest BCUT2D eigenvalue weighted by molar-refractivity contribution is -0.125. The number of nitrogens with one attached hydrogen (secondary N) is 2. The second-order valence-corrected chi connectivity index (χ2v) is 6.63. The lowest BCUT2D eigenvalue weighted by Crippen LogP contribution is -2.48. The minimum atomic E-state index is 0.0924. The fourth-order valence-electron chi connectivity index (χ4n) is 3.30. The molecule has 0 aromatic heterocycles. The zero-order valence-corrected chi connectivity index (χ0v) is 13.7. The first-order chi connectivity index (χ1) is 11.1. The molecule has 1 atom stereocenters. The summed E-state index contributed by atoms with van der Waals surface area (Å²) >= 11 is 0. The first-order valence-corrected chi connectivity index (χ1v) is 8.50. The number of likely N-dealkylation sites (tertiary alicyclic amines) is 1. The van der Waals surface area contributed by atoms with E-state index >= 15 is 0 Å². The van der Waals surface area contributed by atoms with Crippen molar-refractivity contribution in [3.05, 3.63) is 35.4 Å². The second kappa shape index (κ2) is 7.13. The largest absolute Gasteiger partial charge is 0.353 e. The molecule has 0 saturated carbocycles. The molecule has 2 N–H and O–H groups in total. The molecule has 2 aliphatic rings. The molecule has 0 aliphatic carbocycles. The van der Waals surface area contributed by atoms with E-state index in [1.807, 2.05) is 36.1 Å². The summed E-state index contributed by atoms with van der Waals surface area (Å²) in [5.41, 5.74) is 1.90. The summed E-state index contributed by atoms with van der Waals surface area (Å²) in [6.07, 6.45) is 2.60. The van der Waals surface area contributed by atoms with Crippen LogP contribution in [0.3, 0.4) is 0 Å². The van der Waals surface area contributed by atoms with Gasteiger partial charge >= 0.3 is 0 Å². The van der Waals surface area contributed by atoms with Gasteiger partial charge in [-0.3, -0.25) is 9.59 Å². The van der Waals surface area contributed by atoms with E-state index in [4.69, 9.17) is 0 Å². The van der Waals surface area contributed by atoms with E-state index in [-0.39, 0.29) is 23.8 Å². The highest BCUT2D eigenvalue weighted by Gasteiger charge is 2.28. The summed E-state index contributed by atoms with van der Waals surface area (Å²) in [7, 11) is 0. The number of carbonyl (C=O) groups is 2. The smallest absolute Gasteiger partial charge is 0.253 e. The van der Waals surface area contributed by atoms with Gasteiger partial charge in [0.05, 0.1) is 5.92 Å². The molecular weight excluding hydrogens is 290 g/mol. The zero-order chi connectivity index (χ0) is 16.2. The number of amides is 2. The summed E-state index contributed by atoms with van der Waals surface area (Å²) < 4.78 is 0. The van der Waals surface area contributed by atoms with Gasteiger partial charge in [0.25, 0.3) is 5.91 Å². The zero-order valence-electron chi connectivity index (χ0n) is 13.7. The molecule has 0 radical (unpaired) electrons. The fraction of sp³-hybridized carbons (Fsp3) is 0.556. The highest BCUT2D eigenvalue weighted by Crippen LogP contribution is 2.16. The molecule has 3 rings (SSSR count). The molecule has 0 bridgehead atoms. The van der Waals surface area contributed by atoms with Crippen LogP contribution in [-0.2, 0) is 4.79 Å². The number of piperidine rings is 1. The maximum atomic E-state index is 12.5. The summed E-state index contributed by atoms with van der Waals surface area (Å²) in [5.74, 6) is 0.371. The Hall–Kier alpha value is -1.88. The topological polar surface area (TPSA) is 61.4 Å². The normalized spacial score (nSPS) is 22.1. The molecule has 2 fully saturated rings. The monoisotopic (exact) mass is 315 g/mol. The van der Waals surface area contributed by atoms with Gasteiger partial charge in [-0.2, -0.15) is 0 Å². The molecule has 23 heavy (non-hydrogen) atoms. The third-order valence-electron chi connectivity index (χ3n) is 4.86. The maximum absolute atomic E-state index is 12.5. The lowest BCUT2D eigenvalue weighted by atomic mass is 10.0. The van der Waals surface area contributed by atoms with Gasteiger partial charge in [0.1, 0.15) is 0 Å². The number of hydrogen-bond acceptors (Lipinski definition) is 3. The molecule has 1 aromatic carbocycles. The molecule has 0 spiro atoms. The van der Waals surface area contributed by atoms with Gasteiger partial charge in [-0.25, -0.2) is 0 Å². The first kappa shape index (κ1) is 16.0. The number of hydrogen-bond donors (Lipinski definition) is 2. The predicted molar refractivity (Wildman–Crippen MR) is 89.2 cm³/mol. The minimum absolute atomic E-state index is 0.0924. The van der Waals surface area contributed by atoms with Crippen molar-refractivity contribution >= 4 is 11.8 Å². The van der Waals surface area contributed by atoms with Crippen molar-refractivity contribution in [2.75, 3.05) is 26.2 Å². The van der Waals surface area contributed by atoms with Gasteiger partial charge in [0.15, 0.2) is 0 Å². The van der Waals surface area contributed by atoms with Crippen molar-refractivity contribution < 1.29 is 9.59 Å². The van der Waals surface area contributed by atoms with Crippen molar-refractivity contribution in [2.24, 2.45) is 5.92 Å². The van der Waals surface area contributed by atoms with Crippen LogP contribution in [0.25, 0.3) is 0 Å². The molecule has 2 saturated heterocycles. The van der Waals surface area contributed by atoms with Crippen molar-refractivity contribution in [3.8, 4) is 0 Å². The molecule has 2 heterocycles. The minimum Gasteiger partial charge on any atom is -0.353 e. The number of benzene rings is 1. The van der Waals surface area contributed by atoms with Crippen molar-refractivity contribution in [1.82, 2.24) is 15.5 Å². The quantitative estimate of drug-likeness (QED) is 0.884. The molecule has 5 nitrogen and oxygen atoms in total. The Morgan fingerprint density at radius 3 is 2.43 bits per heavy atom. The van der Waals surface area contributed by atoms with Crippen LogP contribution >= 0.6 is 0 Å². The molecule has 1 unspecified atom stereocenters. The summed E-state index contributed by atoms with van der Waals surface area (Å²) in [6.45, 7) is 5.15. The van der Waals surface area contributed by atoms with Crippen molar-refractivity contribution in [3.63, 3.8) is 0 Å². The van der Waals surface area contributed by atoms with Crippen LogP contribution in [-0.4, -0.2) is 48.9 Å². The van der Waals surface area contributed by atoms with E-state index in [1.165, 1.54) is 0 Å². The Balaban J connectivity index is 1.49. The Morgan fingerprint density at radius 1 is 1.13 bits per heavy atom. The number of nitrogens with zero attached hydrogens (tertiary/aromatic N) is 1. The highest BCUT2D eigenvalue weighted by molar-refractivity contribution is 5.94. The van der Waals surface area contributed by atoms with Gasteiger partial charge in [0, 0.05) is 31.2 Å². The Labute approximate surface area is 137 Å². The standard InChI is InChI=1S/C18H25N3O2/c1-13-2-4-14(5-3-13)18(23)21-10-7-16(8-11-21)20-17(22)15-6-9-19-12-15/h2-5,15-16,19H,6-12H2,1H3,(H,20,22). The summed E-state index contributed by atoms with van der Waals surface area (Å²) in [5, 5.41) is 6.37. The Kier molecular flexibility index (Phi) is 4.96. The third-order valence-corrected chi connectivity index (χ3v) is 4.86. The van der Waals surface area contributed by atoms with Crippen LogP contribution in [0.5, 0.6) is 0 Å². The van der Waals surface area contributed by atoms with Crippen LogP contribution in [0.15, 0.2) is 24.3 Å². The van der Waals surface area contributed by atoms with Crippen LogP contribution in [0.4, 0.5) is 0 Å². The van der Waals surface area contributed by atoms with Crippen LogP contribution in [0, 0.1) is 12.8 Å². The second-order valence-electron chi connectivity index (χ2n) is 6.63. The van der Waals surface area contributed by atoms with E-state index < -0.39 is 0 Å². The Morgan fingerprint density at radius 2 is 1.83 bits per heavy atom. The number of aryl methyl sites for hydroxylation is 1. The van der Waals surface area contributed by atoms with Gasteiger partial charge < -0.3 is 15.5 Å². The third kappa shape index (κ3) is 3.91. The van der Waals surface area contributed by atoms with E-state index in [0.29, 0.717) is 13.1 Å². The SMILES string of the molecule is Cc1ccc(C(=O)N2CCC(NC(=O)C3CCNC3)CC2)cc1. The Bertz CT molecular complexity index is 556. The van der Waals surface area contributed by atoms with Crippen LogP contribution < -0.4 is 10.6 Å². The van der Waals surface area contributed by atoms with Crippen LogP contribution in [0.1, 0.15) is 35.2 Å². The van der Waals surface area contributed by atoms with Gasteiger partial charge in [-0.1, -0.05) is 17.7 Å². The van der Waals surface area contributed by atoms with Gasteiger partial charge in [0.2, 0.25) is 5.91 Å². The molecule has 124 valence electrons. The molecule has 2 aliphatic heterocycles. The fourth-order valence-corrected chi connectivity index (χ4v) is 3.30. The average molecular weight is 315 g/mol. The first-order valence-electron chi connectivity index (χ1n) is 8.50. The lowest BCUT2D eigenvalue weighted by Gasteiger charge is -2.33. The summed E-state index contributed by atoms with van der Waals surface area (Å²) in [6, 6.07) is 7.91. The van der Waals surface area contributed by atoms with Crippen molar-refractivity contribution in [1.29, 1.82) is 0 Å². The highest BCUT2D eigenvalue weighted by atomic mass is 16.2. The van der Waals surface area contributed by atoms with E-state index in [9.17, 15) is 9.59 Å². The number of carbonyl (C=O) groups excluding carboxylic acids is 2. The molecule has 2 amide bonds. The predicted octanol–water partition coefficient (Wildman–Crippen LogP) is 1.33. The molecule has 1 aromatic rings. The van der Waals surface area contributed by atoms with E-state index in [2.05, 4.69) is 10.6 Å². The van der Waals surface area contributed by atoms with Gasteiger partial charge in [-0.05, 0) is 44.9 Å². The van der Waals surface area contributed by atoms with E-state index in [0.717, 1.165) is 43.5 Å².